The molecule has 0 aliphatic heterocycles. The van der Waals surface area contributed by atoms with E-state index in [9.17, 15) is 4.79 Å². The van der Waals surface area contributed by atoms with Crippen LogP contribution in [0.2, 0.25) is 0 Å². The SMILES string of the molecule is Cc1ccc(C(C)C)cc1N(C)CC=O. The molecule has 82 valence electrons. The van der Waals surface area contributed by atoms with E-state index < -0.39 is 0 Å². The summed E-state index contributed by atoms with van der Waals surface area (Å²) in [4.78, 5) is 12.5. The molecule has 0 spiro atoms. The van der Waals surface area contributed by atoms with Crippen LogP contribution >= 0.6 is 0 Å². The second kappa shape index (κ2) is 4.96. The fourth-order valence-corrected chi connectivity index (χ4v) is 1.61. The van der Waals surface area contributed by atoms with Crippen molar-refractivity contribution in [2.75, 3.05) is 18.5 Å². The molecule has 0 aliphatic carbocycles. The molecule has 1 aromatic rings. The van der Waals surface area contributed by atoms with Crippen molar-refractivity contribution in [3.05, 3.63) is 29.3 Å². The number of anilines is 1. The maximum atomic E-state index is 10.5. The van der Waals surface area contributed by atoms with Crippen LogP contribution in [0.4, 0.5) is 5.69 Å². The summed E-state index contributed by atoms with van der Waals surface area (Å²) in [6.07, 6.45) is 0.932. The highest BCUT2D eigenvalue weighted by atomic mass is 16.1. The topological polar surface area (TPSA) is 20.3 Å². The quantitative estimate of drug-likeness (QED) is 0.704. The first-order valence-electron chi connectivity index (χ1n) is 5.31. The zero-order valence-electron chi connectivity index (χ0n) is 9.95. The molecule has 0 heterocycles. The summed E-state index contributed by atoms with van der Waals surface area (Å²) >= 11 is 0. The number of hydrogen-bond acceptors (Lipinski definition) is 2. The monoisotopic (exact) mass is 205 g/mol. The van der Waals surface area contributed by atoms with Gasteiger partial charge in [-0.25, -0.2) is 0 Å². The molecular formula is C13H19NO. The predicted molar refractivity (Wildman–Crippen MR) is 64.6 cm³/mol. The van der Waals surface area contributed by atoms with Gasteiger partial charge in [0.15, 0.2) is 0 Å². The summed E-state index contributed by atoms with van der Waals surface area (Å²) in [7, 11) is 1.95. The van der Waals surface area contributed by atoms with Gasteiger partial charge in [0.05, 0.1) is 6.54 Å². The van der Waals surface area contributed by atoms with Crippen LogP contribution in [-0.2, 0) is 4.79 Å². The van der Waals surface area contributed by atoms with Gasteiger partial charge in [0.1, 0.15) is 6.29 Å². The van der Waals surface area contributed by atoms with Gasteiger partial charge in [-0.3, -0.25) is 0 Å². The van der Waals surface area contributed by atoms with Gasteiger partial charge in [-0.15, -0.1) is 0 Å². The molecule has 0 unspecified atom stereocenters. The molecule has 2 nitrogen and oxygen atoms in total. The maximum absolute atomic E-state index is 10.5. The molecule has 1 rings (SSSR count). The number of carbonyl (C=O) groups is 1. The van der Waals surface area contributed by atoms with Gasteiger partial charge in [-0.1, -0.05) is 26.0 Å². The third-order valence-corrected chi connectivity index (χ3v) is 2.66. The van der Waals surface area contributed by atoms with Crippen molar-refractivity contribution in [3.8, 4) is 0 Å². The van der Waals surface area contributed by atoms with Crippen LogP contribution in [0, 0.1) is 6.92 Å². The van der Waals surface area contributed by atoms with Gasteiger partial charge >= 0.3 is 0 Å². The van der Waals surface area contributed by atoms with Gasteiger partial charge in [0.2, 0.25) is 0 Å². The highest BCUT2D eigenvalue weighted by Crippen LogP contribution is 2.24. The fourth-order valence-electron chi connectivity index (χ4n) is 1.61. The molecule has 0 aromatic heterocycles. The lowest BCUT2D eigenvalue weighted by Gasteiger charge is -2.20. The molecule has 0 saturated carbocycles. The summed E-state index contributed by atoms with van der Waals surface area (Å²) in [5.41, 5.74) is 3.67. The molecule has 2 heteroatoms. The zero-order chi connectivity index (χ0) is 11.4. The van der Waals surface area contributed by atoms with Gasteiger partial charge in [-0.2, -0.15) is 0 Å². The van der Waals surface area contributed by atoms with E-state index in [0.717, 1.165) is 12.0 Å². The number of nitrogens with zero attached hydrogens (tertiary/aromatic N) is 1. The third-order valence-electron chi connectivity index (χ3n) is 2.66. The zero-order valence-corrected chi connectivity index (χ0v) is 9.95. The number of hydrogen-bond donors (Lipinski definition) is 0. The van der Waals surface area contributed by atoms with Gasteiger partial charge in [-0.05, 0) is 30.0 Å². The lowest BCUT2D eigenvalue weighted by Crippen LogP contribution is -2.20. The van der Waals surface area contributed by atoms with E-state index in [1.165, 1.54) is 11.1 Å². The molecule has 0 amide bonds. The van der Waals surface area contributed by atoms with Gasteiger partial charge in [0, 0.05) is 12.7 Å². The summed E-state index contributed by atoms with van der Waals surface area (Å²) in [5, 5.41) is 0. The van der Waals surface area contributed by atoms with Crippen LogP contribution in [0.15, 0.2) is 18.2 Å². The molecule has 0 atom stereocenters. The summed E-state index contributed by atoms with van der Waals surface area (Å²) in [6, 6.07) is 6.44. The van der Waals surface area contributed by atoms with Gasteiger partial charge in [0.25, 0.3) is 0 Å². The van der Waals surface area contributed by atoms with Crippen molar-refractivity contribution in [3.63, 3.8) is 0 Å². The first-order valence-corrected chi connectivity index (χ1v) is 5.31. The average molecular weight is 205 g/mol. The molecule has 15 heavy (non-hydrogen) atoms. The van der Waals surface area contributed by atoms with Crippen molar-refractivity contribution in [2.24, 2.45) is 0 Å². The van der Waals surface area contributed by atoms with E-state index in [-0.39, 0.29) is 0 Å². The second-order valence-electron chi connectivity index (χ2n) is 4.25. The minimum Gasteiger partial charge on any atom is -0.367 e. The molecule has 0 saturated heterocycles. The van der Waals surface area contributed by atoms with E-state index in [1.54, 1.807) is 0 Å². The number of aryl methyl sites for hydroxylation is 1. The Balaban J connectivity index is 3.04. The standard InChI is InChI=1S/C13H19NO/c1-10(2)12-6-5-11(3)13(9-12)14(4)7-8-15/h5-6,8-10H,7H2,1-4H3. The molecular weight excluding hydrogens is 186 g/mol. The Hall–Kier alpha value is -1.31. The van der Waals surface area contributed by atoms with Crippen LogP contribution < -0.4 is 4.90 Å². The fraction of sp³-hybridized carbons (Fsp3) is 0.462. The van der Waals surface area contributed by atoms with E-state index >= 15 is 0 Å². The Kier molecular flexibility index (Phi) is 3.89. The number of benzene rings is 1. The van der Waals surface area contributed by atoms with Crippen LogP contribution in [0.3, 0.4) is 0 Å². The lowest BCUT2D eigenvalue weighted by atomic mass is 10.0. The first-order chi connectivity index (χ1) is 7.06. The van der Waals surface area contributed by atoms with Crippen molar-refractivity contribution in [1.82, 2.24) is 0 Å². The van der Waals surface area contributed by atoms with E-state index in [2.05, 4.69) is 39.0 Å². The highest BCUT2D eigenvalue weighted by molar-refractivity contribution is 5.63. The van der Waals surface area contributed by atoms with E-state index in [4.69, 9.17) is 0 Å². The molecule has 0 aliphatic rings. The number of aldehydes is 1. The third kappa shape index (κ3) is 2.82. The number of carbonyl (C=O) groups excluding carboxylic acids is 1. The number of likely N-dealkylation sites (N-methyl/N-ethyl adjacent to an activating group) is 1. The number of rotatable bonds is 4. The first kappa shape index (κ1) is 11.8. The Labute approximate surface area is 91.9 Å². The van der Waals surface area contributed by atoms with Crippen LogP contribution in [0.5, 0.6) is 0 Å². The smallest absolute Gasteiger partial charge is 0.139 e. The molecule has 0 fully saturated rings. The largest absolute Gasteiger partial charge is 0.367 e. The lowest BCUT2D eigenvalue weighted by molar-refractivity contribution is -0.106. The highest BCUT2D eigenvalue weighted by Gasteiger charge is 2.07. The molecule has 0 radical (unpaired) electrons. The molecule has 0 bridgehead atoms. The van der Waals surface area contributed by atoms with Crippen molar-refractivity contribution < 1.29 is 4.79 Å². The summed E-state index contributed by atoms with van der Waals surface area (Å²) in [5.74, 6) is 0.522. The van der Waals surface area contributed by atoms with Gasteiger partial charge < -0.3 is 9.69 Å². The second-order valence-corrected chi connectivity index (χ2v) is 4.25. The minimum atomic E-state index is 0.447. The van der Waals surface area contributed by atoms with Crippen molar-refractivity contribution >= 4 is 12.0 Å². The Bertz CT molecular complexity index is 344. The van der Waals surface area contributed by atoms with Crippen molar-refractivity contribution in [2.45, 2.75) is 26.7 Å². The molecule has 0 N–H and O–H groups in total. The Morgan fingerprint density at radius 3 is 2.60 bits per heavy atom. The van der Waals surface area contributed by atoms with Crippen molar-refractivity contribution in [1.29, 1.82) is 0 Å². The Morgan fingerprint density at radius 1 is 1.40 bits per heavy atom. The summed E-state index contributed by atoms with van der Waals surface area (Å²) in [6.45, 7) is 6.87. The molecule has 1 aromatic carbocycles. The Morgan fingerprint density at radius 2 is 2.07 bits per heavy atom. The average Bonchev–Trinajstić information content (AvgIpc) is 2.18. The predicted octanol–water partition coefficient (Wildman–Crippen LogP) is 2.75. The minimum absolute atomic E-state index is 0.447. The van der Waals surface area contributed by atoms with Crippen LogP contribution in [-0.4, -0.2) is 19.9 Å². The van der Waals surface area contributed by atoms with E-state index in [0.29, 0.717) is 12.5 Å². The van der Waals surface area contributed by atoms with Crippen LogP contribution in [0.25, 0.3) is 0 Å². The normalized spacial score (nSPS) is 10.5. The van der Waals surface area contributed by atoms with Crippen LogP contribution in [0.1, 0.15) is 30.9 Å². The van der Waals surface area contributed by atoms with E-state index in [1.807, 2.05) is 11.9 Å². The summed E-state index contributed by atoms with van der Waals surface area (Å²) < 4.78 is 0. The maximum Gasteiger partial charge on any atom is 0.139 e.